The van der Waals surface area contributed by atoms with Gasteiger partial charge in [0.2, 0.25) is 5.91 Å². The van der Waals surface area contributed by atoms with Gasteiger partial charge in [-0.3, -0.25) is 4.79 Å². The number of nitrogens with one attached hydrogen (secondary N) is 1. The average molecular weight is 275 g/mol. The average Bonchev–Trinajstić information content (AvgIpc) is 2.47. The van der Waals surface area contributed by atoms with Gasteiger partial charge in [0, 0.05) is 20.1 Å². The highest BCUT2D eigenvalue weighted by Gasteiger charge is 2.28. The number of halogens is 1. The molecule has 1 aliphatic rings. The van der Waals surface area contributed by atoms with Crippen molar-refractivity contribution in [1.82, 2.24) is 5.32 Å². The number of hydrogen-bond donors (Lipinski definition) is 1. The topological polar surface area (TPSA) is 32.3 Å². The molecule has 0 bridgehead atoms. The van der Waals surface area contributed by atoms with E-state index < -0.39 is 0 Å². The van der Waals surface area contributed by atoms with Crippen LogP contribution in [0.5, 0.6) is 0 Å². The normalized spacial score (nSPS) is 16.4. The van der Waals surface area contributed by atoms with E-state index in [4.69, 9.17) is 0 Å². The smallest absolute Gasteiger partial charge is 0.233 e. The van der Waals surface area contributed by atoms with E-state index in [1.165, 1.54) is 0 Å². The fraction of sp³-hybridized carbons (Fsp3) is 0.444. The summed E-state index contributed by atoms with van der Waals surface area (Å²) < 4.78 is 1.05. The largest absolute Gasteiger partial charge is 0.315 e. The summed E-state index contributed by atoms with van der Waals surface area (Å²) in [6.45, 7) is 1.63. The van der Waals surface area contributed by atoms with Crippen LogP contribution in [0.1, 0.15) is 0 Å². The second-order valence-corrected chi connectivity index (χ2v) is 5.77. The van der Waals surface area contributed by atoms with Crippen molar-refractivity contribution in [3.05, 3.63) is 15.9 Å². The van der Waals surface area contributed by atoms with Crippen molar-refractivity contribution >= 4 is 38.2 Å². The number of rotatable bonds is 2. The Kier molecular flexibility index (Phi) is 2.90. The molecule has 2 rings (SSSR count). The van der Waals surface area contributed by atoms with Gasteiger partial charge in [-0.2, -0.15) is 0 Å². The van der Waals surface area contributed by atoms with Crippen LogP contribution < -0.4 is 10.2 Å². The van der Waals surface area contributed by atoms with Crippen LogP contribution in [0, 0.1) is 5.92 Å². The maximum absolute atomic E-state index is 11.8. The van der Waals surface area contributed by atoms with Crippen LogP contribution in [0.15, 0.2) is 15.9 Å². The van der Waals surface area contributed by atoms with Gasteiger partial charge in [0.1, 0.15) is 0 Å². The molecule has 14 heavy (non-hydrogen) atoms. The molecule has 0 saturated carbocycles. The number of carbonyl (C=O) groups is 1. The molecule has 1 aromatic rings. The number of nitrogens with zero attached hydrogens (tertiary/aromatic N) is 1. The molecule has 0 spiro atoms. The molecule has 2 heterocycles. The molecule has 1 saturated heterocycles. The summed E-state index contributed by atoms with van der Waals surface area (Å²) in [6, 6.07) is 3.92. The summed E-state index contributed by atoms with van der Waals surface area (Å²) >= 11 is 4.96. The summed E-state index contributed by atoms with van der Waals surface area (Å²) in [7, 11) is 1.83. The Balaban J connectivity index is 2.07. The highest BCUT2D eigenvalue weighted by Crippen LogP contribution is 2.30. The van der Waals surface area contributed by atoms with E-state index in [-0.39, 0.29) is 11.8 Å². The van der Waals surface area contributed by atoms with Gasteiger partial charge < -0.3 is 10.2 Å². The van der Waals surface area contributed by atoms with Gasteiger partial charge in [0.05, 0.1) is 14.7 Å². The Labute approximate surface area is 95.2 Å². The maximum atomic E-state index is 11.8. The molecule has 0 radical (unpaired) electrons. The number of hydrogen-bond acceptors (Lipinski definition) is 3. The highest BCUT2D eigenvalue weighted by atomic mass is 79.9. The molecule has 0 atom stereocenters. The molecule has 3 nitrogen and oxygen atoms in total. The second-order valence-electron chi connectivity index (χ2n) is 3.33. The zero-order chi connectivity index (χ0) is 10.1. The molecule has 1 aliphatic heterocycles. The molecule has 5 heteroatoms. The number of carbonyl (C=O) groups excluding carboxylic acids is 1. The number of thiophene rings is 1. The minimum absolute atomic E-state index is 0.167. The fourth-order valence-electron chi connectivity index (χ4n) is 1.33. The first-order valence-corrected chi connectivity index (χ1v) is 6.03. The van der Waals surface area contributed by atoms with Crippen molar-refractivity contribution in [3.63, 3.8) is 0 Å². The van der Waals surface area contributed by atoms with Gasteiger partial charge >= 0.3 is 0 Å². The predicted octanol–water partition coefficient (Wildman–Crippen LogP) is 1.69. The number of anilines is 1. The van der Waals surface area contributed by atoms with Crippen molar-refractivity contribution in [2.45, 2.75) is 0 Å². The molecule has 0 unspecified atom stereocenters. The first-order chi connectivity index (χ1) is 6.68. The Hall–Kier alpha value is -0.390. The standard InChI is InChI=1S/C9H11BrN2OS/c1-12(8-3-2-7(10)14-8)9(13)6-4-11-5-6/h2-3,6,11H,4-5H2,1H3. The summed E-state index contributed by atoms with van der Waals surface area (Å²) in [5.74, 6) is 0.374. The fourth-order valence-corrected chi connectivity index (χ4v) is 2.66. The molecule has 0 aromatic carbocycles. The summed E-state index contributed by atoms with van der Waals surface area (Å²) in [5.41, 5.74) is 0. The lowest BCUT2D eigenvalue weighted by atomic mass is 10.0. The van der Waals surface area contributed by atoms with Gasteiger partial charge in [-0.25, -0.2) is 0 Å². The van der Waals surface area contributed by atoms with Crippen LogP contribution in [0.2, 0.25) is 0 Å². The third-order valence-corrected chi connectivity index (χ3v) is 4.05. The van der Waals surface area contributed by atoms with Crippen LogP contribution >= 0.6 is 27.3 Å². The van der Waals surface area contributed by atoms with Crippen LogP contribution in [-0.2, 0) is 4.79 Å². The lowest BCUT2D eigenvalue weighted by Crippen LogP contribution is -2.51. The minimum Gasteiger partial charge on any atom is -0.315 e. The van der Waals surface area contributed by atoms with Gasteiger partial charge in [-0.15, -0.1) is 11.3 Å². The second kappa shape index (κ2) is 4.00. The molecule has 1 amide bonds. The van der Waals surface area contributed by atoms with Crippen molar-refractivity contribution < 1.29 is 4.79 Å². The highest BCUT2D eigenvalue weighted by molar-refractivity contribution is 9.11. The summed E-state index contributed by atoms with van der Waals surface area (Å²) in [5, 5.41) is 4.09. The zero-order valence-corrected chi connectivity index (χ0v) is 10.2. The molecule has 0 aliphatic carbocycles. The summed E-state index contributed by atoms with van der Waals surface area (Å²) in [4.78, 5) is 13.5. The van der Waals surface area contributed by atoms with Crippen LogP contribution in [0.4, 0.5) is 5.00 Å². The molecule has 1 fully saturated rings. The van der Waals surface area contributed by atoms with Crippen molar-refractivity contribution in [3.8, 4) is 0 Å². The van der Waals surface area contributed by atoms with E-state index in [0.717, 1.165) is 21.9 Å². The van der Waals surface area contributed by atoms with Crippen molar-refractivity contribution in [2.24, 2.45) is 5.92 Å². The van der Waals surface area contributed by atoms with E-state index in [0.29, 0.717) is 0 Å². The quantitative estimate of drug-likeness (QED) is 0.891. The zero-order valence-electron chi connectivity index (χ0n) is 7.79. The van der Waals surface area contributed by atoms with Crippen molar-refractivity contribution in [2.75, 3.05) is 25.0 Å². The molecular weight excluding hydrogens is 264 g/mol. The first-order valence-electron chi connectivity index (χ1n) is 4.42. The van der Waals surface area contributed by atoms with E-state index in [9.17, 15) is 4.79 Å². The SMILES string of the molecule is CN(C(=O)C1CNC1)c1ccc(Br)s1. The Morgan fingerprint density at radius 3 is 2.79 bits per heavy atom. The van der Waals surface area contributed by atoms with E-state index >= 15 is 0 Å². The maximum Gasteiger partial charge on any atom is 0.233 e. The van der Waals surface area contributed by atoms with Crippen LogP contribution in [-0.4, -0.2) is 26.0 Å². The Bertz CT molecular complexity index is 348. The van der Waals surface area contributed by atoms with Gasteiger partial charge in [-0.1, -0.05) is 0 Å². The van der Waals surface area contributed by atoms with Crippen LogP contribution in [0.25, 0.3) is 0 Å². The van der Waals surface area contributed by atoms with E-state index in [2.05, 4.69) is 21.2 Å². The van der Waals surface area contributed by atoms with Crippen molar-refractivity contribution in [1.29, 1.82) is 0 Å². The minimum atomic E-state index is 0.167. The molecule has 1 N–H and O–H groups in total. The van der Waals surface area contributed by atoms with Gasteiger partial charge in [0.25, 0.3) is 0 Å². The Morgan fingerprint density at radius 1 is 1.64 bits per heavy atom. The Morgan fingerprint density at radius 2 is 2.36 bits per heavy atom. The van der Waals surface area contributed by atoms with Gasteiger partial charge in [-0.05, 0) is 28.1 Å². The molecule has 76 valence electrons. The summed E-state index contributed by atoms with van der Waals surface area (Å²) in [6.07, 6.45) is 0. The van der Waals surface area contributed by atoms with Crippen LogP contribution in [0.3, 0.4) is 0 Å². The third-order valence-electron chi connectivity index (χ3n) is 2.35. The lowest BCUT2D eigenvalue weighted by molar-refractivity contribution is -0.123. The molecule has 1 aromatic heterocycles. The monoisotopic (exact) mass is 274 g/mol. The van der Waals surface area contributed by atoms with E-state index in [1.807, 2.05) is 19.2 Å². The number of amides is 1. The lowest BCUT2D eigenvalue weighted by Gasteiger charge is -2.29. The molecular formula is C9H11BrN2OS. The predicted molar refractivity (Wildman–Crippen MR) is 61.8 cm³/mol. The third kappa shape index (κ3) is 1.85. The first kappa shape index (κ1) is 10.1. The van der Waals surface area contributed by atoms with E-state index in [1.54, 1.807) is 16.2 Å². The van der Waals surface area contributed by atoms with Gasteiger partial charge in [0.15, 0.2) is 0 Å².